The van der Waals surface area contributed by atoms with E-state index < -0.39 is 14.7 Å². The first kappa shape index (κ1) is 19.7. The molecule has 0 amide bonds. The quantitative estimate of drug-likeness (QED) is 0.435. The van der Waals surface area contributed by atoms with Crippen molar-refractivity contribution in [3.05, 3.63) is 48.5 Å². The summed E-state index contributed by atoms with van der Waals surface area (Å²) >= 11 is -0.937. The topological polar surface area (TPSA) is 0 Å². The Hall–Kier alpha value is -0.572. The summed E-state index contributed by atoms with van der Waals surface area (Å²) in [6, 6.07) is 18.2. The predicted octanol–water partition coefficient (Wildman–Crippen LogP) is 6.02. The molecule has 0 heterocycles. The Morgan fingerprint density at radius 2 is 1.12 bits per heavy atom. The molecule has 0 fully saturated rings. The number of hydrogen-bond donors (Lipinski definition) is 0. The van der Waals surface area contributed by atoms with Crippen molar-refractivity contribution in [2.45, 2.75) is 63.3 Å². The Labute approximate surface area is 155 Å². The fourth-order valence-electron chi connectivity index (χ4n) is 3.72. The first-order valence-electron chi connectivity index (χ1n) is 8.69. The molecule has 24 heavy (non-hydrogen) atoms. The minimum absolute atomic E-state index is 0.286. The molecule has 2 aromatic rings. The molecule has 0 spiro atoms. The fourth-order valence-corrected chi connectivity index (χ4v) is 10.1. The van der Waals surface area contributed by atoms with E-state index in [1.807, 2.05) is 0 Å². The van der Waals surface area contributed by atoms with Crippen LogP contribution >= 0.6 is 7.92 Å². The summed E-state index contributed by atoms with van der Waals surface area (Å²) < 4.78 is 1.59. The minimum atomic E-state index is -0.937. The van der Waals surface area contributed by atoms with Crippen molar-refractivity contribution in [1.82, 2.24) is 0 Å². The standard InChI is InChI=1S/C22H32AsP/c1-21(2,3)24(22(4,5)6)20-16-12-10-14-18(20)17-13-9-11-15-19(17)23(7)8/h9-16H,1-8H3. The summed E-state index contributed by atoms with van der Waals surface area (Å²) in [5.74, 6) is 0. The fraction of sp³-hybridized carbons (Fsp3) is 0.455. The molecule has 0 bridgehead atoms. The Morgan fingerprint density at radius 3 is 1.62 bits per heavy atom. The molecular weight excluding hydrogens is 370 g/mol. The Bertz CT molecular complexity index is 676. The molecule has 130 valence electrons. The zero-order chi connectivity index (χ0) is 18.1. The van der Waals surface area contributed by atoms with Gasteiger partial charge in [0.05, 0.1) is 0 Å². The van der Waals surface area contributed by atoms with Crippen LogP contribution in [0.1, 0.15) is 41.5 Å². The molecule has 0 aliphatic heterocycles. The van der Waals surface area contributed by atoms with E-state index in [9.17, 15) is 0 Å². The van der Waals surface area contributed by atoms with Crippen LogP contribution in [0.25, 0.3) is 11.1 Å². The van der Waals surface area contributed by atoms with Crippen LogP contribution in [-0.2, 0) is 0 Å². The summed E-state index contributed by atoms with van der Waals surface area (Å²) in [6.45, 7) is 14.4. The van der Waals surface area contributed by atoms with Gasteiger partial charge in [-0.1, -0.05) is 0 Å². The first-order chi connectivity index (χ1) is 11.0. The van der Waals surface area contributed by atoms with Gasteiger partial charge in [-0.15, -0.1) is 0 Å². The molecule has 2 aromatic carbocycles. The van der Waals surface area contributed by atoms with Gasteiger partial charge in [-0.3, -0.25) is 0 Å². The van der Waals surface area contributed by atoms with Gasteiger partial charge in [0.15, 0.2) is 0 Å². The van der Waals surface area contributed by atoms with Gasteiger partial charge >= 0.3 is 155 Å². The van der Waals surface area contributed by atoms with Crippen molar-refractivity contribution >= 4 is 32.2 Å². The van der Waals surface area contributed by atoms with Crippen LogP contribution < -0.4 is 9.66 Å². The maximum absolute atomic E-state index is 2.44. The van der Waals surface area contributed by atoms with Crippen molar-refractivity contribution < 1.29 is 0 Å². The molecule has 0 aromatic heterocycles. The van der Waals surface area contributed by atoms with Gasteiger partial charge in [0.1, 0.15) is 0 Å². The van der Waals surface area contributed by atoms with Gasteiger partial charge in [0, 0.05) is 0 Å². The van der Waals surface area contributed by atoms with E-state index in [1.165, 1.54) is 11.1 Å². The normalized spacial score (nSPS) is 12.9. The van der Waals surface area contributed by atoms with Gasteiger partial charge in [0.2, 0.25) is 0 Å². The molecule has 2 heteroatoms. The first-order valence-corrected chi connectivity index (χ1v) is 14.7. The monoisotopic (exact) mass is 402 g/mol. The third-order valence-corrected chi connectivity index (χ3v) is 10.6. The van der Waals surface area contributed by atoms with Crippen molar-refractivity contribution in [2.75, 3.05) is 0 Å². The number of benzene rings is 2. The average Bonchev–Trinajstić information content (AvgIpc) is 2.45. The Balaban J connectivity index is 2.73. The van der Waals surface area contributed by atoms with E-state index in [0.29, 0.717) is 0 Å². The molecule has 0 atom stereocenters. The van der Waals surface area contributed by atoms with Crippen LogP contribution in [-0.4, -0.2) is 25.0 Å². The molecule has 0 aliphatic rings. The van der Waals surface area contributed by atoms with E-state index in [2.05, 4.69) is 101 Å². The van der Waals surface area contributed by atoms with E-state index >= 15 is 0 Å². The van der Waals surface area contributed by atoms with Gasteiger partial charge in [-0.2, -0.15) is 0 Å². The maximum atomic E-state index is 2.44. The van der Waals surface area contributed by atoms with Crippen molar-refractivity contribution in [1.29, 1.82) is 0 Å². The van der Waals surface area contributed by atoms with Crippen molar-refractivity contribution in [3.8, 4) is 11.1 Å². The third-order valence-electron chi connectivity index (χ3n) is 4.16. The Morgan fingerprint density at radius 1 is 0.667 bits per heavy atom. The summed E-state index contributed by atoms with van der Waals surface area (Å²) in [6.07, 6.45) is 0. The molecular formula is C22H32AsP. The molecule has 0 radical (unpaired) electrons. The zero-order valence-corrected chi connectivity index (χ0v) is 19.3. The zero-order valence-electron chi connectivity index (χ0n) is 16.5. The summed E-state index contributed by atoms with van der Waals surface area (Å²) in [7, 11) is -0.298. The summed E-state index contributed by atoms with van der Waals surface area (Å²) in [5, 5.41) is 2.14. The van der Waals surface area contributed by atoms with Crippen LogP contribution in [0.3, 0.4) is 0 Å². The second-order valence-electron chi connectivity index (χ2n) is 8.61. The molecule has 0 N–H and O–H groups in total. The van der Waals surface area contributed by atoms with Crippen LogP contribution in [0.4, 0.5) is 0 Å². The average molecular weight is 402 g/mol. The molecule has 0 saturated carbocycles. The molecule has 0 saturated heterocycles. The van der Waals surface area contributed by atoms with E-state index in [0.717, 1.165) is 0 Å². The second-order valence-corrected chi connectivity index (χ2v) is 17.2. The predicted molar refractivity (Wildman–Crippen MR) is 115 cm³/mol. The molecule has 2 rings (SSSR count). The molecule has 0 unspecified atom stereocenters. The molecule has 0 nitrogen and oxygen atoms in total. The van der Waals surface area contributed by atoms with Gasteiger partial charge in [-0.05, 0) is 0 Å². The van der Waals surface area contributed by atoms with Gasteiger partial charge in [-0.25, -0.2) is 0 Å². The van der Waals surface area contributed by atoms with Crippen molar-refractivity contribution in [3.63, 3.8) is 0 Å². The SMILES string of the molecule is C[As](C)c1ccccc1-c1ccccc1P(C(C)(C)C)C(C)(C)C. The number of rotatable bonds is 3. The van der Waals surface area contributed by atoms with Gasteiger partial charge < -0.3 is 0 Å². The van der Waals surface area contributed by atoms with Crippen LogP contribution in [0.5, 0.6) is 0 Å². The molecule has 0 aliphatic carbocycles. The summed E-state index contributed by atoms with van der Waals surface area (Å²) in [4.78, 5) is 0. The van der Waals surface area contributed by atoms with Crippen LogP contribution in [0.15, 0.2) is 48.5 Å². The van der Waals surface area contributed by atoms with Crippen LogP contribution in [0, 0.1) is 0 Å². The third kappa shape index (κ3) is 4.33. The van der Waals surface area contributed by atoms with E-state index in [4.69, 9.17) is 0 Å². The van der Waals surface area contributed by atoms with Gasteiger partial charge in [0.25, 0.3) is 0 Å². The Kier molecular flexibility index (Phi) is 6.05. The van der Waals surface area contributed by atoms with E-state index in [1.54, 1.807) is 9.66 Å². The number of hydrogen-bond acceptors (Lipinski definition) is 0. The van der Waals surface area contributed by atoms with Crippen molar-refractivity contribution in [2.24, 2.45) is 0 Å². The van der Waals surface area contributed by atoms with Crippen LogP contribution in [0.2, 0.25) is 11.4 Å². The van der Waals surface area contributed by atoms with E-state index in [-0.39, 0.29) is 18.2 Å². The summed E-state index contributed by atoms with van der Waals surface area (Å²) in [5.41, 5.74) is 7.81. The second kappa shape index (κ2) is 7.35.